The smallest absolute Gasteiger partial charge is 0.418 e. The molecule has 1 aliphatic rings. The minimum Gasteiger partial charge on any atom is -0.430 e. The van der Waals surface area contributed by atoms with Crippen molar-refractivity contribution in [2.45, 2.75) is 38.3 Å². The lowest BCUT2D eigenvalue weighted by atomic mass is 9.75. The number of fused-ring (bicyclic) bond motifs is 2. The lowest BCUT2D eigenvalue weighted by Gasteiger charge is -2.38. The van der Waals surface area contributed by atoms with Crippen LogP contribution in [0.5, 0.6) is 0 Å². The minimum atomic E-state index is -1.15. The zero-order valence-electron chi connectivity index (χ0n) is 22.2. The third-order valence-corrected chi connectivity index (χ3v) is 7.87. The Bertz CT molecular complexity index is 1590. The molecular formula is C35H31NO3. The summed E-state index contributed by atoms with van der Waals surface area (Å²) < 4.78 is 6.44. The van der Waals surface area contributed by atoms with E-state index in [0.717, 1.165) is 38.2 Å². The van der Waals surface area contributed by atoms with E-state index in [0.29, 0.717) is 6.42 Å². The molecule has 0 spiro atoms. The molecule has 0 N–H and O–H groups in total. The molecule has 1 heterocycles. The van der Waals surface area contributed by atoms with Gasteiger partial charge in [-0.25, -0.2) is 9.69 Å². The first-order chi connectivity index (χ1) is 19.0. The van der Waals surface area contributed by atoms with Crippen LogP contribution in [0.15, 0.2) is 115 Å². The molecule has 5 aromatic rings. The van der Waals surface area contributed by atoms with Crippen molar-refractivity contribution in [1.82, 2.24) is 4.90 Å². The minimum absolute atomic E-state index is 0.0601. The van der Waals surface area contributed by atoms with Gasteiger partial charge in [0.25, 0.3) is 0 Å². The van der Waals surface area contributed by atoms with Crippen molar-refractivity contribution < 1.29 is 14.3 Å². The van der Waals surface area contributed by atoms with Crippen LogP contribution < -0.4 is 0 Å². The van der Waals surface area contributed by atoms with Gasteiger partial charge in [0, 0.05) is 17.5 Å². The third-order valence-electron chi connectivity index (χ3n) is 7.87. The Labute approximate surface area is 228 Å². The van der Waals surface area contributed by atoms with Gasteiger partial charge in [0.2, 0.25) is 5.91 Å². The summed E-state index contributed by atoms with van der Waals surface area (Å²) in [7, 11) is 0. The average Bonchev–Trinajstić information content (AvgIpc) is 3.30. The molecule has 0 bridgehead atoms. The Morgan fingerprint density at radius 3 is 1.79 bits per heavy atom. The number of rotatable bonds is 6. The third kappa shape index (κ3) is 4.36. The molecule has 5 aromatic carbocycles. The molecule has 2 amide bonds. The van der Waals surface area contributed by atoms with Crippen molar-refractivity contribution in [3.63, 3.8) is 0 Å². The van der Waals surface area contributed by atoms with Crippen LogP contribution in [0.25, 0.3) is 21.5 Å². The highest BCUT2D eigenvalue weighted by atomic mass is 16.6. The first-order valence-corrected chi connectivity index (χ1v) is 13.5. The van der Waals surface area contributed by atoms with Crippen LogP contribution in [0.4, 0.5) is 4.79 Å². The molecule has 1 aliphatic heterocycles. The van der Waals surface area contributed by atoms with Gasteiger partial charge in [-0.05, 0) is 51.6 Å². The van der Waals surface area contributed by atoms with Crippen molar-refractivity contribution in [3.05, 3.63) is 132 Å². The summed E-state index contributed by atoms with van der Waals surface area (Å²) in [4.78, 5) is 28.8. The fraction of sp³-hybridized carbons (Fsp3) is 0.200. The van der Waals surface area contributed by atoms with Gasteiger partial charge < -0.3 is 4.74 Å². The topological polar surface area (TPSA) is 46.6 Å². The molecule has 0 aliphatic carbocycles. The summed E-state index contributed by atoms with van der Waals surface area (Å²) in [6.07, 6.45) is 0.203. The fourth-order valence-corrected chi connectivity index (χ4v) is 6.05. The van der Waals surface area contributed by atoms with Gasteiger partial charge in [0.15, 0.2) is 5.60 Å². The number of aryl methyl sites for hydroxylation is 1. The Hall–Kier alpha value is -4.44. The first-order valence-electron chi connectivity index (χ1n) is 13.5. The summed E-state index contributed by atoms with van der Waals surface area (Å²) in [6, 6.07) is 38.1. The van der Waals surface area contributed by atoms with Crippen LogP contribution in [-0.2, 0) is 21.6 Å². The predicted molar refractivity (Wildman–Crippen MR) is 155 cm³/mol. The summed E-state index contributed by atoms with van der Waals surface area (Å²) >= 11 is 0. The van der Waals surface area contributed by atoms with Crippen LogP contribution in [0.3, 0.4) is 0 Å². The van der Waals surface area contributed by atoms with Gasteiger partial charge in [0.1, 0.15) is 0 Å². The standard InChI is InChI=1S/C35H31NO3/c1-24(2)33-35(30-19-17-26-12-6-8-14-28(26)22-30,31-20-18-27-13-7-9-15-29(27)23-31)39-34(38)36(33)32(37)21-16-25-10-4-3-5-11-25/h3-15,17-20,22-24,33H,16,21H2,1-2H3/t33-/m0/s1. The zero-order chi connectivity index (χ0) is 27.0. The van der Waals surface area contributed by atoms with E-state index in [1.807, 2.05) is 66.7 Å². The van der Waals surface area contributed by atoms with E-state index < -0.39 is 17.7 Å². The normalized spacial score (nSPS) is 16.6. The Kier molecular flexibility index (Phi) is 6.40. The molecule has 194 valence electrons. The summed E-state index contributed by atoms with van der Waals surface area (Å²) in [5, 5.41) is 4.33. The van der Waals surface area contributed by atoms with Crippen LogP contribution in [0.1, 0.15) is 37.0 Å². The van der Waals surface area contributed by atoms with E-state index in [-0.39, 0.29) is 18.2 Å². The van der Waals surface area contributed by atoms with Crippen LogP contribution in [0, 0.1) is 5.92 Å². The van der Waals surface area contributed by atoms with E-state index in [4.69, 9.17) is 4.74 Å². The maximum absolute atomic E-state index is 13.7. The average molecular weight is 514 g/mol. The van der Waals surface area contributed by atoms with Gasteiger partial charge in [-0.3, -0.25) is 4.79 Å². The lowest BCUT2D eigenvalue weighted by Crippen LogP contribution is -2.49. The van der Waals surface area contributed by atoms with Crippen molar-refractivity contribution >= 4 is 33.5 Å². The maximum atomic E-state index is 13.7. The van der Waals surface area contributed by atoms with E-state index in [1.54, 1.807) is 0 Å². The summed E-state index contributed by atoms with van der Waals surface area (Å²) in [5.74, 6) is -0.277. The molecule has 0 saturated carbocycles. The molecule has 1 atom stereocenters. The number of carbonyl (C=O) groups excluding carboxylic acids is 2. The van der Waals surface area contributed by atoms with E-state index in [1.165, 1.54) is 4.90 Å². The summed E-state index contributed by atoms with van der Waals surface area (Å²) in [5.41, 5.74) is 1.64. The second-order valence-electron chi connectivity index (χ2n) is 10.7. The predicted octanol–water partition coefficient (Wildman–Crippen LogP) is 7.87. The Balaban J connectivity index is 1.50. The first kappa shape index (κ1) is 24.9. The van der Waals surface area contributed by atoms with Crippen LogP contribution in [-0.4, -0.2) is 22.9 Å². The monoisotopic (exact) mass is 513 g/mol. The number of hydrogen-bond donors (Lipinski definition) is 0. The lowest BCUT2D eigenvalue weighted by molar-refractivity contribution is -0.130. The molecule has 4 nitrogen and oxygen atoms in total. The fourth-order valence-electron chi connectivity index (χ4n) is 6.05. The van der Waals surface area contributed by atoms with E-state index >= 15 is 0 Å². The maximum Gasteiger partial charge on any atom is 0.418 e. The van der Waals surface area contributed by atoms with Gasteiger partial charge in [0.05, 0.1) is 6.04 Å². The highest BCUT2D eigenvalue weighted by Gasteiger charge is 2.59. The molecule has 39 heavy (non-hydrogen) atoms. The van der Waals surface area contributed by atoms with E-state index in [2.05, 4.69) is 62.4 Å². The molecule has 1 saturated heterocycles. The molecule has 0 aromatic heterocycles. The number of nitrogens with zero attached hydrogens (tertiary/aromatic N) is 1. The quantitative estimate of drug-likeness (QED) is 0.232. The number of amides is 2. The highest BCUT2D eigenvalue weighted by Crippen LogP contribution is 2.48. The molecule has 4 heteroatoms. The molecule has 6 rings (SSSR count). The van der Waals surface area contributed by atoms with Crippen molar-refractivity contribution in [3.8, 4) is 0 Å². The number of hydrogen-bond acceptors (Lipinski definition) is 3. The summed E-state index contributed by atoms with van der Waals surface area (Å²) in [6.45, 7) is 4.11. The number of benzene rings is 5. The number of cyclic esters (lactones) is 1. The van der Waals surface area contributed by atoms with Crippen molar-refractivity contribution in [2.75, 3.05) is 0 Å². The van der Waals surface area contributed by atoms with Crippen LogP contribution >= 0.6 is 0 Å². The van der Waals surface area contributed by atoms with Crippen molar-refractivity contribution in [2.24, 2.45) is 5.92 Å². The highest BCUT2D eigenvalue weighted by molar-refractivity contribution is 5.95. The SMILES string of the molecule is CC(C)[C@@H]1N(C(=O)CCc2ccccc2)C(=O)OC1(c1ccc2ccccc2c1)c1ccc2ccccc2c1. The molecule has 1 fully saturated rings. The molecule has 0 unspecified atom stereocenters. The Morgan fingerprint density at radius 2 is 1.26 bits per heavy atom. The molecular weight excluding hydrogens is 482 g/mol. The van der Waals surface area contributed by atoms with Gasteiger partial charge >= 0.3 is 6.09 Å². The second kappa shape index (κ2) is 10.0. The second-order valence-corrected chi connectivity index (χ2v) is 10.7. The largest absolute Gasteiger partial charge is 0.430 e. The number of carbonyl (C=O) groups is 2. The van der Waals surface area contributed by atoms with Crippen molar-refractivity contribution in [1.29, 1.82) is 0 Å². The van der Waals surface area contributed by atoms with Gasteiger partial charge in [-0.15, -0.1) is 0 Å². The molecule has 0 radical (unpaired) electrons. The number of imide groups is 1. The van der Waals surface area contributed by atoms with E-state index in [9.17, 15) is 9.59 Å². The zero-order valence-corrected chi connectivity index (χ0v) is 22.2. The van der Waals surface area contributed by atoms with Gasteiger partial charge in [-0.2, -0.15) is 0 Å². The van der Waals surface area contributed by atoms with Crippen LogP contribution in [0.2, 0.25) is 0 Å². The number of ether oxygens (including phenoxy) is 1. The van der Waals surface area contributed by atoms with Gasteiger partial charge in [-0.1, -0.05) is 117 Å². The Morgan fingerprint density at radius 1 is 0.744 bits per heavy atom.